The molecule has 0 bridgehead atoms. The number of rotatable bonds is 3. The molecule has 1 aliphatic rings. The minimum atomic E-state index is 0.115. The van der Waals surface area contributed by atoms with E-state index in [2.05, 4.69) is 21.2 Å². The minimum absolute atomic E-state index is 0.115. The van der Waals surface area contributed by atoms with Crippen molar-refractivity contribution >= 4 is 27.5 Å². The van der Waals surface area contributed by atoms with Crippen molar-refractivity contribution < 1.29 is 9.53 Å². The first-order chi connectivity index (χ1) is 8.27. The number of ether oxygens (including phenoxy) is 1. The Morgan fingerprint density at radius 1 is 1.35 bits per heavy atom. The summed E-state index contributed by atoms with van der Waals surface area (Å²) in [6.45, 7) is 2.98. The maximum absolute atomic E-state index is 11.9. The van der Waals surface area contributed by atoms with E-state index in [-0.39, 0.29) is 5.91 Å². The first-order valence-corrected chi connectivity index (χ1v) is 6.40. The third-order valence-corrected chi connectivity index (χ3v) is 3.36. The van der Waals surface area contributed by atoms with Crippen molar-refractivity contribution in [3.8, 4) is 0 Å². The second-order valence-electron chi connectivity index (χ2n) is 3.83. The van der Waals surface area contributed by atoms with Gasteiger partial charge in [0.1, 0.15) is 0 Å². The molecule has 1 N–H and O–H groups in total. The molecule has 0 radical (unpaired) electrons. The van der Waals surface area contributed by atoms with E-state index in [0.717, 1.165) is 10.2 Å². The Hall–Kier alpha value is -1.07. The fourth-order valence-electron chi connectivity index (χ4n) is 1.70. The Labute approximate surface area is 109 Å². The van der Waals surface area contributed by atoms with Gasteiger partial charge in [0.2, 0.25) is 5.91 Å². The summed E-state index contributed by atoms with van der Waals surface area (Å²) in [6.07, 6.45) is 0. The van der Waals surface area contributed by atoms with Crippen molar-refractivity contribution in [3.05, 3.63) is 28.7 Å². The zero-order valence-corrected chi connectivity index (χ0v) is 11.1. The molecule has 1 aromatic rings. The Kier molecular flexibility index (Phi) is 4.39. The minimum Gasteiger partial charge on any atom is -0.378 e. The SMILES string of the molecule is O=C(CNc1ccccc1Br)N1CCOCC1. The molecule has 4 nitrogen and oxygen atoms in total. The number of carbonyl (C=O) groups is 1. The van der Waals surface area contributed by atoms with Crippen molar-refractivity contribution in [2.24, 2.45) is 0 Å². The lowest BCUT2D eigenvalue weighted by molar-refractivity contribution is -0.133. The highest BCUT2D eigenvalue weighted by molar-refractivity contribution is 9.10. The van der Waals surface area contributed by atoms with Crippen LogP contribution < -0.4 is 5.32 Å². The summed E-state index contributed by atoms with van der Waals surface area (Å²) in [7, 11) is 0. The van der Waals surface area contributed by atoms with Gasteiger partial charge in [0.05, 0.1) is 19.8 Å². The monoisotopic (exact) mass is 298 g/mol. The quantitative estimate of drug-likeness (QED) is 0.924. The average molecular weight is 299 g/mol. The predicted molar refractivity (Wildman–Crippen MR) is 70.0 cm³/mol. The molecule has 0 aliphatic carbocycles. The smallest absolute Gasteiger partial charge is 0.242 e. The van der Waals surface area contributed by atoms with Crippen LogP contribution in [0.1, 0.15) is 0 Å². The number of morpholine rings is 1. The molecular formula is C12H15BrN2O2. The summed E-state index contributed by atoms with van der Waals surface area (Å²) in [5, 5.41) is 3.13. The third kappa shape index (κ3) is 3.44. The molecule has 0 spiro atoms. The van der Waals surface area contributed by atoms with E-state index in [0.29, 0.717) is 32.8 Å². The van der Waals surface area contributed by atoms with Crippen molar-refractivity contribution in [2.45, 2.75) is 0 Å². The van der Waals surface area contributed by atoms with Crippen LogP contribution >= 0.6 is 15.9 Å². The van der Waals surface area contributed by atoms with Gasteiger partial charge in [-0.2, -0.15) is 0 Å². The summed E-state index contributed by atoms with van der Waals surface area (Å²) in [5.41, 5.74) is 0.939. The number of nitrogens with one attached hydrogen (secondary N) is 1. The molecule has 1 amide bonds. The second kappa shape index (κ2) is 6.02. The van der Waals surface area contributed by atoms with Crippen molar-refractivity contribution in [3.63, 3.8) is 0 Å². The van der Waals surface area contributed by atoms with Crippen LogP contribution in [-0.2, 0) is 9.53 Å². The van der Waals surface area contributed by atoms with Gasteiger partial charge in [-0.1, -0.05) is 12.1 Å². The molecule has 0 atom stereocenters. The highest BCUT2D eigenvalue weighted by atomic mass is 79.9. The Morgan fingerprint density at radius 3 is 2.76 bits per heavy atom. The molecule has 17 heavy (non-hydrogen) atoms. The standard InChI is InChI=1S/C12H15BrN2O2/c13-10-3-1-2-4-11(10)14-9-12(16)15-5-7-17-8-6-15/h1-4,14H,5-9H2. The normalized spacial score (nSPS) is 15.7. The Bertz CT molecular complexity index is 392. The molecule has 1 aliphatic heterocycles. The number of amides is 1. The molecule has 1 fully saturated rings. The van der Waals surface area contributed by atoms with Gasteiger partial charge >= 0.3 is 0 Å². The van der Waals surface area contributed by atoms with E-state index >= 15 is 0 Å². The molecular weight excluding hydrogens is 284 g/mol. The van der Waals surface area contributed by atoms with Crippen LogP contribution in [0.4, 0.5) is 5.69 Å². The van der Waals surface area contributed by atoms with Crippen molar-refractivity contribution in [1.82, 2.24) is 4.90 Å². The first-order valence-electron chi connectivity index (χ1n) is 5.61. The Balaban J connectivity index is 1.85. The zero-order valence-electron chi connectivity index (χ0n) is 9.49. The van der Waals surface area contributed by atoms with Gasteiger partial charge in [-0.05, 0) is 28.1 Å². The number of hydrogen-bond donors (Lipinski definition) is 1. The van der Waals surface area contributed by atoms with Crippen LogP contribution in [0.25, 0.3) is 0 Å². The molecule has 92 valence electrons. The van der Waals surface area contributed by atoms with Gasteiger partial charge in [0.15, 0.2) is 0 Å². The van der Waals surface area contributed by atoms with Gasteiger partial charge in [0, 0.05) is 23.2 Å². The van der Waals surface area contributed by atoms with Gasteiger partial charge < -0.3 is 15.0 Å². The van der Waals surface area contributed by atoms with E-state index in [9.17, 15) is 4.79 Å². The predicted octanol–water partition coefficient (Wildman–Crippen LogP) is 1.72. The number of hydrogen-bond acceptors (Lipinski definition) is 3. The fourth-order valence-corrected chi connectivity index (χ4v) is 2.12. The number of nitrogens with zero attached hydrogens (tertiary/aromatic N) is 1. The van der Waals surface area contributed by atoms with Gasteiger partial charge in [0.25, 0.3) is 0 Å². The number of anilines is 1. The summed E-state index contributed by atoms with van der Waals surface area (Å²) >= 11 is 3.44. The summed E-state index contributed by atoms with van der Waals surface area (Å²) < 4.78 is 6.18. The van der Waals surface area contributed by atoms with Gasteiger partial charge in [-0.15, -0.1) is 0 Å². The van der Waals surface area contributed by atoms with Crippen LogP contribution in [0.5, 0.6) is 0 Å². The molecule has 0 saturated carbocycles. The zero-order chi connectivity index (χ0) is 12.1. The maximum Gasteiger partial charge on any atom is 0.242 e. The van der Waals surface area contributed by atoms with E-state index in [1.165, 1.54) is 0 Å². The van der Waals surface area contributed by atoms with Crippen molar-refractivity contribution in [2.75, 3.05) is 38.2 Å². The van der Waals surface area contributed by atoms with Crippen LogP contribution in [0.15, 0.2) is 28.7 Å². The van der Waals surface area contributed by atoms with Crippen LogP contribution in [0.2, 0.25) is 0 Å². The molecule has 5 heteroatoms. The first kappa shape index (κ1) is 12.4. The number of carbonyl (C=O) groups excluding carboxylic acids is 1. The summed E-state index contributed by atoms with van der Waals surface area (Å²) in [6, 6.07) is 7.77. The number of halogens is 1. The Morgan fingerprint density at radius 2 is 2.06 bits per heavy atom. The highest BCUT2D eigenvalue weighted by Gasteiger charge is 2.16. The molecule has 1 aromatic carbocycles. The van der Waals surface area contributed by atoms with E-state index in [1.807, 2.05) is 29.2 Å². The molecule has 0 aromatic heterocycles. The number of benzene rings is 1. The summed E-state index contributed by atoms with van der Waals surface area (Å²) in [4.78, 5) is 13.7. The third-order valence-electron chi connectivity index (χ3n) is 2.67. The van der Waals surface area contributed by atoms with Crippen LogP contribution in [-0.4, -0.2) is 43.7 Å². The van der Waals surface area contributed by atoms with E-state index in [1.54, 1.807) is 0 Å². The lowest BCUT2D eigenvalue weighted by Crippen LogP contribution is -2.43. The fraction of sp³-hybridized carbons (Fsp3) is 0.417. The van der Waals surface area contributed by atoms with Gasteiger partial charge in [-0.3, -0.25) is 4.79 Å². The van der Waals surface area contributed by atoms with Crippen molar-refractivity contribution in [1.29, 1.82) is 0 Å². The molecule has 0 unspecified atom stereocenters. The van der Waals surface area contributed by atoms with Crippen LogP contribution in [0.3, 0.4) is 0 Å². The largest absolute Gasteiger partial charge is 0.378 e. The lowest BCUT2D eigenvalue weighted by atomic mass is 10.3. The second-order valence-corrected chi connectivity index (χ2v) is 4.68. The topological polar surface area (TPSA) is 41.6 Å². The molecule has 2 rings (SSSR count). The lowest BCUT2D eigenvalue weighted by Gasteiger charge is -2.27. The maximum atomic E-state index is 11.9. The molecule has 1 saturated heterocycles. The average Bonchev–Trinajstić information content (AvgIpc) is 2.38. The van der Waals surface area contributed by atoms with Gasteiger partial charge in [-0.25, -0.2) is 0 Å². The molecule has 1 heterocycles. The van der Waals surface area contributed by atoms with E-state index in [4.69, 9.17) is 4.74 Å². The van der Waals surface area contributed by atoms with Crippen LogP contribution in [0, 0.1) is 0 Å². The summed E-state index contributed by atoms with van der Waals surface area (Å²) in [5.74, 6) is 0.115. The highest BCUT2D eigenvalue weighted by Crippen LogP contribution is 2.20. The number of para-hydroxylation sites is 1. The van der Waals surface area contributed by atoms with E-state index < -0.39 is 0 Å².